The molecule has 0 spiro atoms. The van der Waals surface area contributed by atoms with Crippen LogP contribution in [0.5, 0.6) is 0 Å². The van der Waals surface area contributed by atoms with Crippen LogP contribution in [0.4, 0.5) is 15.5 Å². The SMILES string of the molecule is CCc1sc(NC(=O)c2cnc(N(C)C)nc2)nc1-c1ccc(F)cc1. The van der Waals surface area contributed by atoms with Gasteiger partial charge in [-0.25, -0.2) is 19.3 Å². The van der Waals surface area contributed by atoms with E-state index in [1.54, 1.807) is 17.0 Å². The standard InChI is InChI=1S/C18H18FN5OS/c1-4-14-15(11-5-7-13(19)8-6-11)22-18(26-14)23-16(25)12-9-20-17(21-10-12)24(2)3/h5-10H,4H2,1-3H3,(H,22,23,25). The number of nitrogens with zero attached hydrogens (tertiary/aromatic N) is 4. The Morgan fingerprint density at radius 1 is 1.19 bits per heavy atom. The van der Waals surface area contributed by atoms with Gasteiger partial charge in [-0.2, -0.15) is 0 Å². The number of benzene rings is 1. The van der Waals surface area contributed by atoms with Crippen LogP contribution in [0.3, 0.4) is 0 Å². The zero-order chi connectivity index (χ0) is 18.7. The summed E-state index contributed by atoms with van der Waals surface area (Å²) in [7, 11) is 3.65. The zero-order valence-electron chi connectivity index (χ0n) is 14.7. The molecule has 0 saturated carbocycles. The van der Waals surface area contributed by atoms with E-state index in [-0.39, 0.29) is 11.7 Å². The van der Waals surface area contributed by atoms with Crippen LogP contribution in [0, 0.1) is 5.82 Å². The van der Waals surface area contributed by atoms with Crippen LogP contribution in [0.15, 0.2) is 36.7 Å². The number of amides is 1. The molecule has 134 valence electrons. The average Bonchev–Trinajstić information content (AvgIpc) is 3.05. The number of aromatic nitrogens is 3. The van der Waals surface area contributed by atoms with E-state index in [0.29, 0.717) is 16.6 Å². The number of halogens is 1. The Morgan fingerprint density at radius 3 is 2.42 bits per heavy atom. The Hall–Kier alpha value is -2.87. The maximum Gasteiger partial charge on any atom is 0.260 e. The molecule has 3 aromatic rings. The van der Waals surface area contributed by atoms with Gasteiger partial charge < -0.3 is 4.90 Å². The van der Waals surface area contributed by atoms with Gasteiger partial charge >= 0.3 is 0 Å². The lowest BCUT2D eigenvalue weighted by molar-refractivity contribution is 0.102. The molecule has 0 unspecified atom stereocenters. The second-order valence-electron chi connectivity index (χ2n) is 5.77. The molecule has 0 atom stereocenters. The molecule has 0 saturated heterocycles. The summed E-state index contributed by atoms with van der Waals surface area (Å²) in [5.41, 5.74) is 1.93. The molecule has 0 aliphatic carbocycles. The number of rotatable bonds is 5. The molecule has 2 heterocycles. The first-order chi connectivity index (χ1) is 12.5. The van der Waals surface area contributed by atoms with Crippen LogP contribution in [0.2, 0.25) is 0 Å². The molecule has 1 N–H and O–H groups in total. The maximum absolute atomic E-state index is 13.1. The van der Waals surface area contributed by atoms with Crippen LogP contribution >= 0.6 is 11.3 Å². The largest absolute Gasteiger partial charge is 0.347 e. The van der Waals surface area contributed by atoms with Crippen LogP contribution in [-0.4, -0.2) is 35.0 Å². The molecule has 3 rings (SSSR count). The predicted molar refractivity (Wildman–Crippen MR) is 101 cm³/mol. The van der Waals surface area contributed by atoms with Gasteiger partial charge in [0.05, 0.1) is 11.3 Å². The van der Waals surface area contributed by atoms with Crippen molar-refractivity contribution in [2.75, 3.05) is 24.3 Å². The highest BCUT2D eigenvalue weighted by atomic mass is 32.1. The first kappa shape index (κ1) is 17.9. The minimum atomic E-state index is -0.322. The van der Waals surface area contributed by atoms with Gasteiger partial charge in [0.1, 0.15) is 5.82 Å². The van der Waals surface area contributed by atoms with E-state index < -0.39 is 0 Å². The van der Waals surface area contributed by atoms with Crippen molar-refractivity contribution in [2.24, 2.45) is 0 Å². The lowest BCUT2D eigenvalue weighted by Gasteiger charge is -2.09. The van der Waals surface area contributed by atoms with Crippen molar-refractivity contribution < 1.29 is 9.18 Å². The van der Waals surface area contributed by atoms with E-state index in [1.807, 2.05) is 21.0 Å². The van der Waals surface area contributed by atoms with E-state index in [9.17, 15) is 9.18 Å². The first-order valence-corrected chi connectivity index (χ1v) is 8.86. The van der Waals surface area contributed by atoms with Gasteiger partial charge in [0.15, 0.2) is 5.13 Å². The molecule has 1 aromatic carbocycles. The Kier molecular flexibility index (Phi) is 5.22. The molecule has 6 nitrogen and oxygen atoms in total. The molecular weight excluding hydrogens is 353 g/mol. The minimum absolute atomic E-state index is 0.295. The molecular formula is C18H18FN5OS. The lowest BCUT2D eigenvalue weighted by Crippen LogP contribution is -2.16. The summed E-state index contributed by atoms with van der Waals surface area (Å²) < 4.78 is 13.1. The summed E-state index contributed by atoms with van der Waals surface area (Å²) >= 11 is 1.40. The number of hydrogen-bond acceptors (Lipinski definition) is 6. The van der Waals surface area contributed by atoms with E-state index in [4.69, 9.17) is 0 Å². The summed E-state index contributed by atoms with van der Waals surface area (Å²) in [6.45, 7) is 2.01. The highest BCUT2D eigenvalue weighted by molar-refractivity contribution is 7.16. The van der Waals surface area contributed by atoms with Crippen LogP contribution in [-0.2, 0) is 6.42 Å². The van der Waals surface area contributed by atoms with Gasteiger partial charge in [0.2, 0.25) is 5.95 Å². The second-order valence-corrected chi connectivity index (χ2v) is 6.86. The third kappa shape index (κ3) is 3.85. The molecule has 0 bridgehead atoms. The van der Waals surface area contributed by atoms with Gasteiger partial charge in [-0.05, 0) is 30.7 Å². The Bertz CT molecular complexity index is 906. The zero-order valence-corrected chi connectivity index (χ0v) is 15.5. The molecule has 0 aliphatic rings. The molecule has 0 aliphatic heterocycles. The smallest absolute Gasteiger partial charge is 0.260 e. The van der Waals surface area contributed by atoms with Crippen molar-refractivity contribution in [3.05, 3.63) is 52.9 Å². The molecule has 0 radical (unpaired) electrons. The van der Waals surface area contributed by atoms with Crippen LogP contribution in [0.1, 0.15) is 22.2 Å². The molecule has 0 fully saturated rings. The van der Waals surface area contributed by atoms with Crippen molar-refractivity contribution in [3.63, 3.8) is 0 Å². The summed E-state index contributed by atoms with van der Waals surface area (Å²) in [5, 5.41) is 3.27. The third-order valence-electron chi connectivity index (χ3n) is 3.66. The number of anilines is 2. The summed E-state index contributed by atoms with van der Waals surface area (Å²) in [5.74, 6) is -0.0863. The molecule has 1 amide bonds. The maximum atomic E-state index is 13.1. The third-order valence-corrected chi connectivity index (χ3v) is 4.77. The quantitative estimate of drug-likeness (QED) is 0.742. The molecule has 26 heavy (non-hydrogen) atoms. The normalized spacial score (nSPS) is 10.6. The Labute approximate surface area is 154 Å². The highest BCUT2D eigenvalue weighted by Gasteiger charge is 2.15. The van der Waals surface area contributed by atoms with Gasteiger partial charge in [0, 0.05) is 36.9 Å². The summed E-state index contributed by atoms with van der Waals surface area (Å²) in [6.07, 6.45) is 3.72. The van der Waals surface area contributed by atoms with Crippen LogP contribution < -0.4 is 10.2 Å². The summed E-state index contributed by atoms with van der Waals surface area (Å²) in [4.78, 5) is 28.0. The summed E-state index contributed by atoms with van der Waals surface area (Å²) in [6, 6.07) is 6.16. The fourth-order valence-electron chi connectivity index (χ4n) is 2.32. The fraction of sp³-hybridized carbons (Fsp3) is 0.222. The Morgan fingerprint density at radius 2 is 1.85 bits per heavy atom. The van der Waals surface area contributed by atoms with Gasteiger partial charge in [-0.1, -0.05) is 6.92 Å². The van der Waals surface area contributed by atoms with Crippen LogP contribution in [0.25, 0.3) is 11.3 Å². The highest BCUT2D eigenvalue weighted by Crippen LogP contribution is 2.31. The van der Waals surface area contributed by atoms with Gasteiger partial charge in [-0.3, -0.25) is 10.1 Å². The monoisotopic (exact) mass is 371 g/mol. The molecule has 8 heteroatoms. The lowest BCUT2D eigenvalue weighted by atomic mass is 10.1. The number of aryl methyl sites for hydroxylation is 1. The topological polar surface area (TPSA) is 71.0 Å². The second kappa shape index (κ2) is 7.57. The number of nitrogens with one attached hydrogen (secondary N) is 1. The van der Waals surface area contributed by atoms with Gasteiger partial charge in [0.25, 0.3) is 5.91 Å². The van der Waals surface area contributed by atoms with Crippen molar-refractivity contribution in [1.29, 1.82) is 0 Å². The predicted octanol–water partition coefficient (Wildman–Crippen LogP) is 3.62. The number of hydrogen-bond donors (Lipinski definition) is 1. The van der Waals surface area contributed by atoms with Crippen molar-refractivity contribution >= 4 is 28.3 Å². The van der Waals surface area contributed by atoms with E-state index >= 15 is 0 Å². The van der Waals surface area contributed by atoms with Crippen molar-refractivity contribution in [1.82, 2.24) is 15.0 Å². The number of carbonyl (C=O) groups excluding carboxylic acids is 1. The van der Waals surface area contributed by atoms with E-state index in [1.165, 1.54) is 35.9 Å². The number of thiazole rings is 1. The van der Waals surface area contributed by atoms with Crippen molar-refractivity contribution in [3.8, 4) is 11.3 Å². The van der Waals surface area contributed by atoms with Crippen molar-refractivity contribution in [2.45, 2.75) is 13.3 Å². The fourth-order valence-corrected chi connectivity index (χ4v) is 3.24. The first-order valence-electron chi connectivity index (χ1n) is 8.04. The van der Waals surface area contributed by atoms with E-state index in [2.05, 4.69) is 20.3 Å². The number of carbonyl (C=O) groups is 1. The van der Waals surface area contributed by atoms with E-state index in [0.717, 1.165) is 22.6 Å². The molecule has 2 aromatic heterocycles. The van der Waals surface area contributed by atoms with Gasteiger partial charge in [-0.15, -0.1) is 11.3 Å². The Balaban J connectivity index is 1.81. The average molecular weight is 371 g/mol. The minimum Gasteiger partial charge on any atom is -0.347 e.